The summed E-state index contributed by atoms with van der Waals surface area (Å²) in [6.07, 6.45) is 2.93. The number of hydrogen-bond donors (Lipinski definition) is 1. The lowest BCUT2D eigenvalue weighted by Crippen LogP contribution is -2.38. The Balaban J connectivity index is 1.38. The number of nitrogens with one attached hydrogen (secondary N) is 1. The maximum Gasteiger partial charge on any atom is 0.347 e. The van der Waals surface area contributed by atoms with Crippen LogP contribution in [0.4, 0.5) is 0 Å². The number of likely N-dealkylation sites (tertiary alicyclic amines) is 1. The fraction of sp³-hybridized carbons (Fsp3) is 0.318. The quantitative estimate of drug-likeness (QED) is 0.744. The van der Waals surface area contributed by atoms with E-state index in [1.54, 1.807) is 4.57 Å². The predicted octanol–water partition coefficient (Wildman–Crippen LogP) is 2.90. The molecule has 0 unspecified atom stereocenters. The summed E-state index contributed by atoms with van der Waals surface area (Å²) in [6, 6.07) is 19.7. The van der Waals surface area contributed by atoms with Crippen LogP contribution in [0, 0.1) is 0 Å². The van der Waals surface area contributed by atoms with Gasteiger partial charge in [0.05, 0.1) is 5.69 Å². The standard InChI is InChI=1S/C22H24N4O2/c27-20(12-11-17-7-3-1-4-8-17)25-15-13-18(14-16-25)21-23-24-22(28)26(21)19-9-5-2-6-10-19/h1-10,18H,11-16H2,(H,24,28). The van der Waals surface area contributed by atoms with Crippen LogP contribution in [0.25, 0.3) is 5.69 Å². The van der Waals surface area contributed by atoms with Gasteiger partial charge in [-0.15, -0.1) is 0 Å². The van der Waals surface area contributed by atoms with Crippen LogP contribution in [0.1, 0.15) is 36.6 Å². The van der Waals surface area contributed by atoms with Crippen LogP contribution in [0.15, 0.2) is 65.5 Å². The largest absolute Gasteiger partial charge is 0.347 e. The van der Waals surface area contributed by atoms with Gasteiger partial charge >= 0.3 is 5.69 Å². The first-order chi connectivity index (χ1) is 13.7. The average molecular weight is 376 g/mol. The van der Waals surface area contributed by atoms with Gasteiger partial charge in [0.15, 0.2) is 0 Å². The van der Waals surface area contributed by atoms with Crippen LogP contribution in [-0.4, -0.2) is 38.7 Å². The molecule has 0 aliphatic carbocycles. The molecule has 1 aromatic heterocycles. The third kappa shape index (κ3) is 3.91. The molecule has 6 nitrogen and oxygen atoms in total. The van der Waals surface area contributed by atoms with Crippen LogP contribution >= 0.6 is 0 Å². The third-order valence-electron chi connectivity index (χ3n) is 5.40. The van der Waals surface area contributed by atoms with E-state index in [2.05, 4.69) is 22.3 Å². The van der Waals surface area contributed by atoms with Crippen LogP contribution in [0.5, 0.6) is 0 Å². The number of carbonyl (C=O) groups is 1. The highest BCUT2D eigenvalue weighted by atomic mass is 16.2. The number of hydrogen-bond acceptors (Lipinski definition) is 3. The van der Waals surface area contributed by atoms with Gasteiger partial charge in [0.1, 0.15) is 5.82 Å². The normalized spacial score (nSPS) is 14.9. The van der Waals surface area contributed by atoms with E-state index < -0.39 is 0 Å². The molecule has 1 N–H and O–H groups in total. The van der Waals surface area contributed by atoms with Crippen molar-refractivity contribution in [3.63, 3.8) is 0 Å². The first kappa shape index (κ1) is 18.2. The SMILES string of the molecule is O=C(CCc1ccccc1)N1CCC(c2n[nH]c(=O)n2-c2ccccc2)CC1. The van der Waals surface area contributed by atoms with Crippen molar-refractivity contribution < 1.29 is 4.79 Å². The summed E-state index contributed by atoms with van der Waals surface area (Å²) in [7, 11) is 0. The van der Waals surface area contributed by atoms with Gasteiger partial charge in [-0.1, -0.05) is 48.5 Å². The number of rotatable bonds is 5. The van der Waals surface area contributed by atoms with Gasteiger partial charge in [-0.2, -0.15) is 5.10 Å². The second-order valence-corrected chi connectivity index (χ2v) is 7.20. The molecule has 6 heteroatoms. The second kappa shape index (κ2) is 8.25. The first-order valence-electron chi connectivity index (χ1n) is 9.77. The molecule has 0 atom stereocenters. The summed E-state index contributed by atoms with van der Waals surface area (Å²) in [5.74, 6) is 1.12. The number of carbonyl (C=O) groups excluding carboxylic acids is 1. The number of piperidine rings is 1. The highest BCUT2D eigenvalue weighted by molar-refractivity contribution is 5.76. The fourth-order valence-corrected chi connectivity index (χ4v) is 3.85. The minimum atomic E-state index is -0.220. The van der Waals surface area contributed by atoms with Crippen molar-refractivity contribution in [2.24, 2.45) is 0 Å². The van der Waals surface area contributed by atoms with Gasteiger partial charge in [-0.3, -0.25) is 4.79 Å². The van der Waals surface area contributed by atoms with E-state index in [0.29, 0.717) is 19.5 Å². The summed E-state index contributed by atoms with van der Waals surface area (Å²) in [5, 5.41) is 6.87. The zero-order valence-corrected chi connectivity index (χ0v) is 15.8. The van der Waals surface area contributed by atoms with Crippen molar-refractivity contribution >= 4 is 5.91 Å². The van der Waals surface area contributed by atoms with E-state index in [-0.39, 0.29) is 17.5 Å². The van der Waals surface area contributed by atoms with Crippen molar-refractivity contribution in [2.45, 2.75) is 31.6 Å². The van der Waals surface area contributed by atoms with Gasteiger partial charge in [-0.05, 0) is 37.0 Å². The lowest BCUT2D eigenvalue weighted by Gasteiger charge is -2.31. The average Bonchev–Trinajstić information content (AvgIpc) is 3.15. The Hall–Kier alpha value is -3.15. The molecule has 2 heterocycles. The van der Waals surface area contributed by atoms with Crippen molar-refractivity contribution in [3.05, 3.63) is 82.5 Å². The molecule has 1 aliphatic heterocycles. The topological polar surface area (TPSA) is 71.0 Å². The van der Waals surface area contributed by atoms with Gasteiger partial charge in [0, 0.05) is 25.4 Å². The molecule has 0 bridgehead atoms. The second-order valence-electron chi connectivity index (χ2n) is 7.20. The molecular formula is C22H24N4O2. The Morgan fingerprint density at radius 2 is 1.64 bits per heavy atom. The van der Waals surface area contributed by atoms with E-state index >= 15 is 0 Å². The summed E-state index contributed by atoms with van der Waals surface area (Å²) >= 11 is 0. The number of para-hydroxylation sites is 1. The molecule has 1 amide bonds. The Kier molecular flexibility index (Phi) is 5.37. The monoisotopic (exact) mass is 376 g/mol. The molecule has 1 saturated heterocycles. The van der Waals surface area contributed by atoms with E-state index in [1.165, 1.54) is 5.56 Å². The lowest BCUT2D eigenvalue weighted by atomic mass is 9.95. The van der Waals surface area contributed by atoms with Crippen molar-refractivity contribution in [3.8, 4) is 5.69 Å². The molecule has 0 saturated carbocycles. The number of benzene rings is 2. The molecule has 28 heavy (non-hydrogen) atoms. The van der Waals surface area contributed by atoms with Crippen molar-refractivity contribution in [1.29, 1.82) is 0 Å². The predicted molar refractivity (Wildman–Crippen MR) is 108 cm³/mol. The molecule has 3 aromatic rings. The van der Waals surface area contributed by atoms with Gasteiger partial charge in [0.25, 0.3) is 0 Å². The lowest BCUT2D eigenvalue weighted by molar-refractivity contribution is -0.132. The molecule has 144 valence electrons. The zero-order valence-electron chi connectivity index (χ0n) is 15.8. The van der Waals surface area contributed by atoms with Crippen molar-refractivity contribution in [1.82, 2.24) is 19.7 Å². The smallest absolute Gasteiger partial charge is 0.343 e. The molecule has 4 rings (SSSR count). The van der Waals surface area contributed by atoms with E-state index in [4.69, 9.17) is 0 Å². The number of aromatic nitrogens is 3. The number of aryl methyl sites for hydroxylation is 1. The fourth-order valence-electron chi connectivity index (χ4n) is 3.85. The molecule has 0 radical (unpaired) electrons. The van der Waals surface area contributed by atoms with Gasteiger partial charge in [0.2, 0.25) is 5.91 Å². The first-order valence-corrected chi connectivity index (χ1v) is 9.77. The number of nitrogens with zero attached hydrogens (tertiary/aromatic N) is 3. The number of aromatic amines is 1. The highest BCUT2D eigenvalue weighted by Crippen LogP contribution is 2.27. The van der Waals surface area contributed by atoms with Gasteiger partial charge in [-0.25, -0.2) is 14.5 Å². The van der Waals surface area contributed by atoms with Crippen molar-refractivity contribution in [2.75, 3.05) is 13.1 Å². The molecule has 1 fully saturated rings. The maximum absolute atomic E-state index is 12.6. The molecular weight excluding hydrogens is 352 g/mol. The van der Waals surface area contributed by atoms with Crippen LogP contribution in [0.2, 0.25) is 0 Å². The Morgan fingerprint density at radius 1 is 1.00 bits per heavy atom. The maximum atomic E-state index is 12.6. The highest BCUT2D eigenvalue weighted by Gasteiger charge is 2.27. The van der Waals surface area contributed by atoms with E-state index in [0.717, 1.165) is 30.8 Å². The van der Waals surface area contributed by atoms with Gasteiger partial charge < -0.3 is 4.90 Å². The van der Waals surface area contributed by atoms with E-state index in [9.17, 15) is 9.59 Å². The van der Waals surface area contributed by atoms with Crippen LogP contribution < -0.4 is 5.69 Å². The molecule has 0 spiro atoms. The minimum absolute atomic E-state index is 0.164. The Labute approximate surface area is 163 Å². The molecule has 2 aromatic carbocycles. The summed E-state index contributed by atoms with van der Waals surface area (Å²) in [4.78, 5) is 26.8. The summed E-state index contributed by atoms with van der Waals surface area (Å²) in [6.45, 7) is 1.41. The number of amides is 1. The number of H-pyrrole nitrogens is 1. The third-order valence-corrected chi connectivity index (χ3v) is 5.40. The Bertz CT molecular complexity index is 971. The zero-order chi connectivity index (χ0) is 19.3. The van der Waals surface area contributed by atoms with Crippen LogP contribution in [0.3, 0.4) is 0 Å². The Morgan fingerprint density at radius 3 is 2.32 bits per heavy atom. The summed E-state index contributed by atoms with van der Waals surface area (Å²) in [5.41, 5.74) is 1.79. The van der Waals surface area contributed by atoms with Crippen LogP contribution in [-0.2, 0) is 11.2 Å². The summed E-state index contributed by atoms with van der Waals surface area (Å²) < 4.78 is 1.65. The van der Waals surface area contributed by atoms with E-state index in [1.807, 2.05) is 53.4 Å². The molecule has 1 aliphatic rings. The minimum Gasteiger partial charge on any atom is -0.343 e.